The Morgan fingerprint density at radius 3 is 2.74 bits per heavy atom. The summed E-state index contributed by atoms with van der Waals surface area (Å²) in [6.07, 6.45) is 4.71. The molecule has 0 aliphatic carbocycles. The Labute approximate surface area is 121 Å². The van der Waals surface area contributed by atoms with Gasteiger partial charge in [-0.3, -0.25) is 0 Å². The van der Waals surface area contributed by atoms with Crippen molar-refractivity contribution in [2.24, 2.45) is 0 Å². The molecule has 3 heteroatoms. The summed E-state index contributed by atoms with van der Waals surface area (Å²) in [7, 11) is 1.62. The number of methoxy groups -OCH3 is 1. The third-order valence-corrected chi connectivity index (χ3v) is 3.55. The summed E-state index contributed by atoms with van der Waals surface area (Å²) in [6, 6.07) is 13.3. The molecule has 1 N–H and O–H groups in total. The average molecular weight is 319 g/mol. The number of rotatable bonds is 4. The van der Waals surface area contributed by atoms with Gasteiger partial charge >= 0.3 is 0 Å². The molecule has 0 saturated heterocycles. The highest BCUT2D eigenvalue weighted by Crippen LogP contribution is 2.24. The van der Waals surface area contributed by atoms with E-state index in [9.17, 15) is 5.11 Å². The third-order valence-electron chi connectivity index (χ3n) is 2.83. The minimum Gasteiger partial charge on any atom is -0.508 e. The number of hydrogen-bond acceptors (Lipinski definition) is 2. The van der Waals surface area contributed by atoms with Gasteiger partial charge in [-0.15, -0.1) is 0 Å². The SMILES string of the molecule is COc1ccc(O)c(CC=Cc2ccccc2Br)c1. The molecule has 0 aromatic heterocycles. The lowest BCUT2D eigenvalue weighted by Gasteiger charge is -2.05. The Hall–Kier alpha value is -1.74. The van der Waals surface area contributed by atoms with Gasteiger partial charge in [0.2, 0.25) is 0 Å². The first-order valence-corrected chi connectivity index (χ1v) is 6.77. The maximum Gasteiger partial charge on any atom is 0.119 e. The van der Waals surface area contributed by atoms with Crippen LogP contribution in [0.5, 0.6) is 11.5 Å². The van der Waals surface area contributed by atoms with Crippen molar-refractivity contribution >= 4 is 22.0 Å². The summed E-state index contributed by atoms with van der Waals surface area (Å²) >= 11 is 3.50. The second-order valence-corrected chi connectivity index (χ2v) is 4.98. The molecular formula is C16H15BrO2. The van der Waals surface area contributed by atoms with E-state index in [1.54, 1.807) is 19.2 Å². The fourth-order valence-corrected chi connectivity index (χ4v) is 2.19. The number of ether oxygens (including phenoxy) is 1. The van der Waals surface area contributed by atoms with Gasteiger partial charge in [0.25, 0.3) is 0 Å². The number of aromatic hydroxyl groups is 1. The van der Waals surface area contributed by atoms with Crippen LogP contribution in [0.1, 0.15) is 11.1 Å². The topological polar surface area (TPSA) is 29.5 Å². The molecule has 0 spiro atoms. The second-order valence-electron chi connectivity index (χ2n) is 4.12. The lowest BCUT2D eigenvalue weighted by Crippen LogP contribution is -1.87. The van der Waals surface area contributed by atoms with Crippen molar-refractivity contribution in [3.05, 3.63) is 64.1 Å². The lowest BCUT2D eigenvalue weighted by atomic mass is 10.1. The van der Waals surface area contributed by atoms with Crippen LogP contribution in [0.2, 0.25) is 0 Å². The number of benzene rings is 2. The van der Waals surface area contributed by atoms with E-state index in [4.69, 9.17) is 4.74 Å². The average Bonchev–Trinajstić information content (AvgIpc) is 2.43. The molecule has 0 aliphatic rings. The Bertz CT molecular complexity index is 591. The molecule has 0 radical (unpaired) electrons. The molecule has 0 aliphatic heterocycles. The molecule has 0 bridgehead atoms. The van der Waals surface area contributed by atoms with E-state index in [1.807, 2.05) is 42.5 Å². The Morgan fingerprint density at radius 1 is 1.21 bits per heavy atom. The zero-order valence-electron chi connectivity index (χ0n) is 10.6. The van der Waals surface area contributed by atoms with Crippen LogP contribution < -0.4 is 4.74 Å². The van der Waals surface area contributed by atoms with Crippen LogP contribution in [0.3, 0.4) is 0 Å². The third kappa shape index (κ3) is 3.61. The van der Waals surface area contributed by atoms with Gasteiger partial charge in [0.1, 0.15) is 11.5 Å². The Morgan fingerprint density at radius 2 is 2.00 bits per heavy atom. The number of phenols is 1. The maximum absolute atomic E-state index is 9.78. The zero-order valence-corrected chi connectivity index (χ0v) is 12.2. The van der Waals surface area contributed by atoms with Crippen LogP contribution in [-0.4, -0.2) is 12.2 Å². The molecule has 0 heterocycles. The highest BCUT2D eigenvalue weighted by atomic mass is 79.9. The van der Waals surface area contributed by atoms with Gasteiger partial charge in [-0.05, 0) is 36.2 Å². The van der Waals surface area contributed by atoms with Crippen LogP contribution in [0.25, 0.3) is 6.08 Å². The minimum absolute atomic E-state index is 0.289. The molecule has 0 atom stereocenters. The number of phenolic OH excluding ortho intramolecular Hbond substituents is 1. The van der Waals surface area contributed by atoms with Crippen LogP contribution in [0.15, 0.2) is 53.0 Å². The van der Waals surface area contributed by atoms with Crippen molar-refractivity contribution in [1.82, 2.24) is 0 Å². The summed E-state index contributed by atoms with van der Waals surface area (Å²) in [6.45, 7) is 0. The molecular weight excluding hydrogens is 304 g/mol. The Balaban J connectivity index is 2.12. The van der Waals surface area contributed by atoms with E-state index < -0.39 is 0 Å². The molecule has 0 fully saturated rings. The first kappa shape index (κ1) is 13.7. The summed E-state index contributed by atoms with van der Waals surface area (Å²) < 4.78 is 6.21. The monoisotopic (exact) mass is 318 g/mol. The van der Waals surface area contributed by atoms with E-state index in [2.05, 4.69) is 15.9 Å². The summed E-state index contributed by atoms with van der Waals surface area (Å²) in [4.78, 5) is 0. The fraction of sp³-hybridized carbons (Fsp3) is 0.125. The van der Waals surface area contributed by atoms with E-state index in [-0.39, 0.29) is 5.75 Å². The van der Waals surface area contributed by atoms with Crippen LogP contribution >= 0.6 is 15.9 Å². The summed E-state index contributed by atoms with van der Waals surface area (Å²) in [5, 5.41) is 9.78. The first-order valence-electron chi connectivity index (χ1n) is 5.97. The Kier molecular flexibility index (Phi) is 4.63. The van der Waals surface area contributed by atoms with Crippen LogP contribution in [-0.2, 0) is 6.42 Å². The van der Waals surface area contributed by atoms with E-state index in [1.165, 1.54) is 0 Å². The van der Waals surface area contributed by atoms with Crippen LogP contribution in [0, 0.1) is 0 Å². The van der Waals surface area contributed by atoms with Crippen molar-refractivity contribution in [2.75, 3.05) is 7.11 Å². The summed E-state index contributed by atoms with van der Waals surface area (Å²) in [5.41, 5.74) is 1.97. The van der Waals surface area contributed by atoms with E-state index in [0.717, 1.165) is 21.3 Å². The van der Waals surface area contributed by atoms with Crippen molar-refractivity contribution < 1.29 is 9.84 Å². The van der Waals surface area contributed by atoms with Crippen molar-refractivity contribution in [3.63, 3.8) is 0 Å². The molecule has 98 valence electrons. The van der Waals surface area contributed by atoms with Gasteiger partial charge in [0.05, 0.1) is 7.11 Å². The normalized spacial score (nSPS) is 10.8. The van der Waals surface area contributed by atoms with Crippen LogP contribution in [0.4, 0.5) is 0 Å². The van der Waals surface area contributed by atoms with Gasteiger partial charge in [-0.2, -0.15) is 0 Å². The molecule has 19 heavy (non-hydrogen) atoms. The zero-order chi connectivity index (χ0) is 13.7. The number of hydrogen-bond donors (Lipinski definition) is 1. The van der Waals surface area contributed by atoms with E-state index >= 15 is 0 Å². The largest absolute Gasteiger partial charge is 0.508 e. The molecule has 2 nitrogen and oxygen atoms in total. The molecule has 0 saturated carbocycles. The molecule has 0 amide bonds. The predicted octanol–water partition coefficient (Wildman–Crippen LogP) is 4.42. The van der Waals surface area contributed by atoms with E-state index in [0.29, 0.717) is 6.42 Å². The standard InChI is InChI=1S/C16H15BrO2/c1-19-14-9-10-16(18)13(11-14)7-4-6-12-5-2-3-8-15(12)17/h2-6,8-11,18H,7H2,1H3. The predicted molar refractivity (Wildman–Crippen MR) is 81.5 cm³/mol. The van der Waals surface area contributed by atoms with Crippen molar-refractivity contribution in [2.45, 2.75) is 6.42 Å². The molecule has 0 unspecified atom stereocenters. The molecule has 2 aromatic rings. The minimum atomic E-state index is 0.289. The highest BCUT2D eigenvalue weighted by molar-refractivity contribution is 9.10. The van der Waals surface area contributed by atoms with Gasteiger partial charge in [0.15, 0.2) is 0 Å². The van der Waals surface area contributed by atoms with Crippen molar-refractivity contribution in [3.8, 4) is 11.5 Å². The molecule has 2 aromatic carbocycles. The first-order chi connectivity index (χ1) is 9.20. The fourth-order valence-electron chi connectivity index (χ4n) is 1.78. The maximum atomic E-state index is 9.78. The van der Waals surface area contributed by atoms with Gasteiger partial charge in [0, 0.05) is 10.0 Å². The van der Waals surface area contributed by atoms with Gasteiger partial charge in [-0.25, -0.2) is 0 Å². The van der Waals surface area contributed by atoms with Gasteiger partial charge < -0.3 is 9.84 Å². The second kappa shape index (κ2) is 6.43. The number of allylic oxidation sites excluding steroid dienone is 1. The molecule has 2 rings (SSSR count). The lowest BCUT2D eigenvalue weighted by molar-refractivity contribution is 0.411. The van der Waals surface area contributed by atoms with Gasteiger partial charge in [-0.1, -0.05) is 46.3 Å². The quantitative estimate of drug-likeness (QED) is 0.904. The highest BCUT2D eigenvalue weighted by Gasteiger charge is 2.01. The van der Waals surface area contributed by atoms with Crippen molar-refractivity contribution in [1.29, 1.82) is 0 Å². The summed E-state index contributed by atoms with van der Waals surface area (Å²) in [5.74, 6) is 1.04. The smallest absolute Gasteiger partial charge is 0.119 e. The number of halogens is 1.